The Morgan fingerprint density at radius 2 is 2.00 bits per heavy atom. The van der Waals surface area contributed by atoms with E-state index in [1.54, 1.807) is 0 Å². The van der Waals surface area contributed by atoms with E-state index in [-0.39, 0.29) is 0 Å². The molecule has 3 rings (SSSR count). The second-order valence-corrected chi connectivity index (χ2v) is 5.70. The second kappa shape index (κ2) is 7.54. The van der Waals surface area contributed by atoms with Crippen LogP contribution in [0, 0.1) is 0 Å². The molecular formula is C17H24N4O. The molecule has 2 aromatic rings. The van der Waals surface area contributed by atoms with Crippen LogP contribution in [0.5, 0.6) is 0 Å². The van der Waals surface area contributed by atoms with Gasteiger partial charge in [0.05, 0.1) is 13.2 Å². The predicted molar refractivity (Wildman–Crippen MR) is 86.6 cm³/mol. The highest BCUT2D eigenvalue weighted by Crippen LogP contribution is 2.10. The van der Waals surface area contributed by atoms with Crippen molar-refractivity contribution < 1.29 is 4.74 Å². The van der Waals surface area contributed by atoms with Crippen molar-refractivity contribution in [3.8, 4) is 0 Å². The largest absolute Gasteiger partial charge is 0.379 e. The molecule has 0 spiro atoms. The third-order valence-corrected chi connectivity index (χ3v) is 4.14. The summed E-state index contributed by atoms with van der Waals surface area (Å²) >= 11 is 0. The number of aromatic nitrogens is 2. The van der Waals surface area contributed by atoms with Crippen molar-refractivity contribution in [3.05, 3.63) is 53.6 Å². The van der Waals surface area contributed by atoms with Crippen LogP contribution in [0.1, 0.15) is 17.0 Å². The summed E-state index contributed by atoms with van der Waals surface area (Å²) in [6.45, 7) is 6.23. The molecule has 2 N–H and O–H groups in total. The summed E-state index contributed by atoms with van der Waals surface area (Å²) in [6.07, 6.45) is 4.93. The molecule has 0 atom stereocenters. The quantitative estimate of drug-likeness (QED) is 0.873. The fourth-order valence-electron chi connectivity index (χ4n) is 2.85. The van der Waals surface area contributed by atoms with Crippen LogP contribution in [0.3, 0.4) is 0 Å². The van der Waals surface area contributed by atoms with Gasteiger partial charge in [-0.2, -0.15) is 0 Å². The van der Waals surface area contributed by atoms with E-state index in [0.717, 1.165) is 51.6 Å². The van der Waals surface area contributed by atoms with Crippen molar-refractivity contribution in [2.45, 2.75) is 19.5 Å². The molecule has 22 heavy (non-hydrogen) atoms. The molecule has 0 radical (unpaired) electrons. The van der Waals surface area contributed by atoms with Gasteiger partial charge in [-0.3, -0.25) is 4.90 Å². The van der Waals surface area contributed by atoms with Gasteiger partial charge in [0.1, 0.15) is 5.82 Å². The number of imidazole rings is 1. The van der Waals surface area contributed by atoms with Crippen molar-refractivity contribution in [3.63, 3.8) is 0 Å². The van der Waals surface area contributed by atoms with Crippen LogP contribution in [-0.2, 0) is 24.2 Å². The van der Waals surface area contributed by atoms with Crippen molar-refractivity contribution in [2.24, 2.45) is 5.73 Å². The molecule has 0 amide bonds. The molecule has 2 heterocycles. The van der Waals surface area contributed by atoms with E-state index in [4.69, 9.17) is 10.5 Å². The van der Waals surface area contributed by atoms with Gasteiger partial charge in [0.25, 0.3) is 0 Å². The summed E-state index contributed by atoms with van der Waals surface area (Å²) < 4.78 is 7.62. The average molecular weight is 300 g/mol. The molecule has 0 bridgehead atoms. The highest BCUT2D eigenvalue weighted by Gasteiger charge is 2.11. The van der Waals surface area contributed by atoms with E-state index in [0.29, 0.717) is 6.54 Å². The van der Waals surface area contributed by atoms with E-state index in [1.165, 1.54) is 11.1 Å². The minimum atomic E-state index is 0.585. The van der Waals surface area contributed by atoms with Crippen molar-refractivity contribution >= 4 is 0 Å². The zero-order valence-corrected chi connectivity index (χ0v) is 12.9. The summed E-state index contributed by atoms with van der Waals surface area (Å²) in [6, 6.07) is 8.45. The van der Waals surface area contributed by atoms with E-state index in [1.807, 2.05) is 6.20 Å². The predicted octanol–water partition coefficient (Wildman–Crippen LogP) is 1.26. The maximum atomic E-state index is 5.72. The van der Waals surface area contributed by atoms with Crippen LogP contribution < -0.4 is 5.73 Å². The normalized spacial score (nSPS) is 16.0. The molecule has 0 aliphatic carbocycles. The number of benzene rings is 1. The first-order valence-corrected chi connectivity index (χ1v) is 7.93. The second-order valence-electron chi connectivity index (χ2n) is 5.70. The summed E-state index contributed by atoms with van der Waals surface area (Å²) in [5.74, 6) is 1.14. The molecule has 1 fully saturated rings. The number of morpholine rings is 1. The zero-order valence-electron chi connectivity index (χ0n) is 12.9. The highest BCUT2D eigenvalue weighted by molar-refractivity contribution is 5.23. The summed E-state index contributed by atoms with van der Waals surface area (Å²) in [7, 11) is 0. The molecule has 1 aromatic carbocycles. The van der Waals surface area contributed by atoms with Gasteiger partial charge in [-0.25, -0.2) is 4.98 Å². The number of rotatable bonds is 6. The van der Waals surface area contributed by atoms with E-state index in [9.17, 15) is 0 Å². The van der Waals surface area contributed by atoms with Gasteiger partial charge in [0.2, 0.25) is 0 Å². The topological polar surface area (TPSA) is 56.3 Å². The Bertz CT molecular complexity index is 590. The number of nitrogens with two attached hydrogens (primary N) is 1. The minimum Gasteiger partial charge on any atom is -0.379 e. The SMILES string of the molecule is NCc1cccc(Cn2ccnc2CCN2CCOCC2)c1. The monoisotopic (exact) mass is 300 g/mol. The molecule has 1 aromatic heterocycles. The third kappa shape index (κ3) is 3.94. The maximum absolute atomic E-state index is 5.72. The first-order valence-electron chi connectivity index (χ1n) is 7.93. The summed E-state index contributed by atoms with van der Waals surface area (Å²) in [4.78, 5) is 6.96. The fourth-order valence-corrected chi connectivity index (χ4v) is 2.85. The maximum Gasteiger partial charge on any atom is 0.110 e. The minimum absolute atomic E-state index is 0.585. The fraction of sp³-hybridized carbons (Fsp3) is 0.471. The Morgan fingerprint density at radius 3 is 2.82 bits per heavy atom. The molecular weight excluding hydrogens is 276 g/mol. The van der Waals surface area contributed by atoms with Crippen LogP contribution in [-0.4, -0.2) is 47.3 Å². The number of hydrogen-bond acceptors (Lipinski definition) is 4. The van der Waals surface area contributed by atoms with Gasteiger partial charge in [-0.05, 0) is 11.1 Å². The lowest BCUT2D eigenvalue weighted by Gasteiger charge is -2.26. The summed E-state index contributed by atoms with van der Waals surface area (Å²) in [5.41, 5.74) is 8.16. The highest BCUT2D eigenvalue weighted by atomic mass is 16.5. The van der Waals surface area contributed by atoms with Crippen LogP contribution >= 0.6 is 0 Å². The van der Waals surface area contributed by atoms with Gasteiger partial charge in [0.15, 0.2) is 0 Å². The molecule has 1 aliphatic heterocycles. The lowest BCUT2D eigenvalue weighted by atomic mass is 10.1. The Hall–Kier alpha value is -1.69. The molecule has 1 saturated heterocycles. The first kappa shape index (κ1) is 15.2. The van der Waals surface area contributed by atoms with Crippen LogP contribution in [0.15, 0.2) is 36.7 Å². The third-order valence-electron chi connectivity index (χ3n) is 4.14. The number of hydrogen-bond donors (Lipinski definition) is 1. The number of ether oxygens (including phenoxy) is 1. The standard InChI is InChI=1S/C17H24N4O/c18-13-15-2-1-3-16(12-15)14-21-7-5-19-17(21)4-6-20-8-10-22-11-9-20/h1-3,5,7,12H,4,6,8-11,13-14,18H2. The Labute approximate surface area is 131 Å². The smallest absolute Gasteiger partial charge is 0.110 e. The molecule has 5 nitrogen and oxygen atoms in total. The van der Waals surface area contributed by atoms with Gasteiger partial charge >= 0.3 is 0 Å². The van der Waals surface area contributed by atoms with Gasteiger partial charge in [-0.15, -0.1) is 0 Å². The first-order chi connectivity index (χ1) is 10.8. The van der Waals surface area contributed by atoms with E-state index in [2.05, 4.69) is 44.9 Å². The molecule has 0 unspecified atom stereocenters. The van der Waals surface area contributed by atoms with Crippen molar-refractivity contribution in [2.75, 3.05) is 32.8 Å². The van der Waals surface area contributed by atoms with Crippen LogP contribution in [0.25, 0.3) is 0 Å². The average Bonchev–Trinajstić information content (AvgIpc) is 3.01. The molecule has 0 saturated carbocycles. The number of nitrogens with zero attached hydrogens (tertiary/aromatic N) is 3. The molecule has 118 valence electrons. The van der Waals surface area contributed by atoms with Crippen molar-refractivity contribution in [1.82, 2.24) is 14.5 Å². The Kier molecular flexibility index (Phi) is 5.21. The lowest BCUT2D eigenvalue weighted by Crippen LogP contribution is -2.37. The van der Waals surface area contributed by atoms with Gasteiger partial charge in [-0.1, -0.05) is 24.3 Å². The van der Waals surface area contributed by atoms with Gasteiger partial charge < -0.3 is 15.0 Å². The van der Waals surface area contributed by atoms with Crippen molar-refractivity contribution in [1.29, 1.82) is 0 Å². The molecule has 5 heteroatoms. The van der Waals surface area contributed by atoms with Crippen LogP contribution in [0.4, 0.5) is 0 Å². The lowest BCUT2D eigenvalue weighted by molar-refractivity contribution is 0.0381. The molecule has 1 aliphatic rings. The Balaban J connectivity index is 1.61. The summed E-state index contributed by atoms with van der Waals surface area (Å²) in [5, 5.41) is 0. The Morgan fingerprint density at radius 1 is 1.18 bits per heavy atom. The zero-order chi connectivity index (χ0) is 15.2. The van der Waals surface area contributed by atoms with Crippen LogP contribution in [0.2, 0.25) is 0 Å². The van der Waals surface area contributed by atoms with E-state index < -0.39 is 0 Å². The van der Waals surface area contributed by atoms with E-state index >= 15 is 0 Å². The van der Waals surface area contributed by atoms with Gasteiger partial charge in [0, 0.05) is 51.5 Å².